The van der Waals surface area contributed by atoms with Crippen molar-refractivity contribution in [1.29, 1.82) is 0 Å². The second-order valence-electron chi connectivity index (χ2n) is 20.4. The minimum absolute atomic E-state index is 0.0933. The summed E-state index contributed by atoms with van der Waals surface area (Å²) in [4.78, 5) is 81.2. The standard InChI is InChI=1S/C65H73N3O13S/c1-4-40-68(65-67-57-20-14-15-21-59(57)82-65)66-45-50-44-56(80-63(73)48-24-22-46(23-25-48)61(71)78-54-36-32-53(33-37-54)76-42-17-11-12-18-43-77-60(70)6-3)38-39-58(50)81-64(74)49-28-26-47(27-29-49)62(72)79-55-34-30-52(31-35-55)75-41-16-10-8-7-9-13-19-51(69)5-2/h1,5-6,14-15,20-21,30-39,44-49H,2-3,7-13,16-19,22-29,40-43H2/b66-45+/t46-,47-,48-,49-. The lowest BCUT2D eigenvalue weighted by Gasteiger charge is -2.26. The SMILES string of the molecule is C#CCN(/N=C/c1cc(OC(=O)[C@H]2CC[C@H](C(=O)Oc3ccc(OCCCCCCOC(=O)C=C)cc3)CC2)ccc1OC(=O)[C@H]1CC[C@H](C(=O)Oc2ccc(OCCCCCCCCC(=O)C=C)cc2)CC1)c1nc2ccccc2s1. The Morgan fingerprint density at radius 1 is 0.573 bits per heavy atom. The second-order valence-corrected chi connectivity index (χ2v) is 21.4. The van der Waals surface area contributed by atoms with Gasteiger partial charge in [-0.15, -0.1) is 6.42 Å². The number of ether oxygens (including phenoxy) is 7. The summed E-state index contributed by atoms with van der Waals surface area (Å²) in [7, 11) is 0. The second kappa shape index (κ2) is 33.0. The van der Waals surface area contributed by atoms with Crippen molar-refractivity contribution in [3.8, 4) is 46.8 Å². The average Bonchev–Trinajstić information content (AvgIpc) is 4.15. The molecule has 0 bridgehead atoms. The fraction of sp³-hybridized carbons (Fsp3) is 0.415. The van der Waals surface area contributed by atoms with E-state index < -0.39 is 29.7 Å². The maximum absolute atomic E-state index is 13.8. The Balaban J connectivity index is 0.882. The van der Waals surface area contributed by atoms with Crippen molar-refractivity contribution in [1.82, 2.24) is 4.98 Å². The summed E-state index contributed by atoms with van der Waals surface area (Å²) in [5.41, 5.74) is 1.14. The van der Waals surface area contributed by atoms with Crippen LogP contribution in [0.5, 0.6) is 34.5 Å². The normalized spacial score (nSPS) is 16.7. The van der Waals surface area contributed by atoms with Crippen molar-refractivity contribution < 1.29 is 61.9 Å². The molecule has 1 aromatic heterocycles. The van der Waals surface area contributed by atoms with Gasteiger partial charge >= 0.3 is 29.8 Å². The highest BCUT2D eigenvalue weighted by Gasteiger charge is 2.34. The Morgan fingerprint density at radius 2 is 1.04 bits per heavy atom. The molecule has 16 nitrogen and oxygen atoms in total. The summed E-state index contributed by atoms with van der Waals surface area (Å²) >= 11 is 1.42. The van der Waals surface area contributed by atoms with Gasteiger partial charge in [-0.05, 0) is 175 Å². The summed E-state index contributed by atoms with van der Waals surface area (Å²) in [5.74, 6) is 1.54. The van der Waals surface area contributed by atoms with E-state index in [0.717, 1.165) is 80.5 Å². The summed E-state index contributed by atoms with van der Waals surface area (Å²) in [6.07, 6.45) is 23.3. The molecule has 4 aromatic carbocycles. The molecule has 0 atom stereocenters. The summed E-state index contributed by atoms with van der Waals surface area (Å²) in [5, 5.41) is 6.81. The maximum Gasteiger partial charge on any atom is 0.330 e. The lowest BCUT2D eigenvalue weighted by atomic mass is 9.82. The zero-order chi connectivity index (χ0) is 57.9. The van der Waals surface area contributed by atoms with Crippen LogP contribution in [-0.4, -0.2) is 73.2 Å². The van der Waals surface area contributed by atoms with Gasteiger partial charge in [-0.1, -0.05) is 68.2 Å². The number of esters is 5. The smallest absolute Gasteiger partial charge is 0.330 e. The van der Waals surface area contributed by atoms with E-state index in [1.54, 1.807) is 71.7 Å². The number of ketones is 1. The zero-order valence-corrected chi connectivity index (χ0v) is 47.3. The van der Waals surface area contributed by atoms with Gasteiger partial charge in [-0.2, -0.15) is 5.10 Å². The highest BCUT2D eigenvalue weighted by molar-refractivity contribution is 7.22. The molecule has 0 spiro atoms. The molecule has 7 rings (SSSR count). The minimum atomic E-state index is -0.481. The van der Waals surface area contributed by atoms with Gasteiger partial charge in [-0.3, -0.25) is 24.0 Å². The molecule has 432 valence electrons. The van der Waals surface area contributed by atoms with E-state index in [4.69, 9.17) is 44.6 Å². The number of para-hydroxylation sites is 1. The number of carbonyl (C=O) groups excluding carboxylic acids is 6. The van der Waals surface area contributed by atoms with Gasteiger partial charge in [0.05, 0.1) is 59.9 Å². The number of nitrogens with zero attached hydrogens (tertiary/aromatic N) is 3. The maximum atomic E-state index is 13.8. The van der Waals surface area contributed by atoms with Crippen molar-refractivity contribution in [2.24, 2.45) is 28.8 Å². The van der Waals surface area contributed by atoms with Crippen LogP contribution < -0.4 is 33.4 Å². The van der Waals surface area contributed by atoms with Gasteiger partial charge in [0.15, 0.2) is 5.78 Å². The van der Waals surface area contributed by atoms with Crippen molar-refractivity contribution in [2.75, 3.05) is 31.4 Å². The van der Waals surface area contributed by atoms with Gasteiger partial charge in [0.25, 0.3) is 0 Å². The van der Waals surface area contributed by atoms with E-state index in [1.165, 1.54) is 23.6 Å². The summed E-state index contributed by atoms with van der Waals surface area (Å²) < 4.78 is 41.1. The van der Waals surface area contributed by atoms with Gasteiger partial charge in [-0.25, -0.2) is 14.8 Å². The third-order valence-corrected chi connectivity index (χ3v) is 15.4. The van der Waals surface area contributed by atoms with E-state index in [2.05, 4.69) is 24.2 Å². The fourth-order valence-corrected chi connectivity index (χ4v) is 10.6. The van der Waals surface area contributed by atoms with Crippen LogP contribution in [0.1, 0.15) is 128 Å². The number of hydrogen-bond acceptors (Lipinski definition) is 17. The van der Waals surface area contributed by atoms with Crippen LogP contribution in [0.15, 0.2) is 121 Å². The number of allylic oxidation sites excluding steroid dienone is 1. The van der Waals surface area contributed by atoms with Crippen LogP contribution in [0, 0.1) is 36.0 Å². The van der Waals surface area contributed by atoms with Gasteiger partial charge in [0.1, 0.15) is 41.0 Å². The Morgan fingerprint density at radius 3 is 1.55 bits per heavy atom. The molecular weight excluding hydrogens is 1060 g/mol. The Bertz CT molecular complexity index is 2970. The Labute approximate surface area is 484 Å². The monoisotopic (exact) mass is 1140 g/mol. The van der Waals surface area contributed by atoms with Crippen LogP contribution in [-0.2, 0) is 33.5 Å². The molecule has 0 unspecified atom stereocenters. The van der Waals surface area contributed by atoms with Crippen LogP contribution in [0.3, 0.4) is 0 Å². The summed E-state index contributed by atoms with van der Waals surface area (Å²) in [6, 6.07) is 26.3. The number of carbonyl (C=O) groups is 6. The molecule has 17 heteroatoms. The minimum Gasteiger partial charge on any atom is -0.494 e. The van der Waals surface area contributed by atoms with Crippen molar-refractivity contribution in [2.45, 2.75) is 122 Å². The quantitative estimate of drug-likeness (QED) is 0.00749. The van der Waals surface area contributed by atoms with Crippen LogP contribution >= 0.6 is 11.3 Å². The van der Waals surface area contributed by atoms with E-state index >= 15 is 0 Å². The molecule has 0 saturated heterocycles. The predicted molar refractivity (Wildman–Crippen MR) is 314 cm³/mol. The molecule has 2 aliphatic carbocycles. The molecular formula is C65H73N3O13S. The number of hydrogen-bond donors (Lipinski definition) is 0. The molecule has 2 fully saturated rings. The highest BCUT2D eigenvalue weighted by atomic mass is 32.1. The first-order chi connectivity index (χ1) is 40.0. The van der Waals surface area contributed by atoms with Crippen LogP contribution in [0.25, 0.3) is 10.2 Å². The van der Waals surface area contributed by atoms with Gasteiger partial charge in [0, 0.05) is 18.1 Å². The molecule has 1 heterocycles. The topological polar surface area (TPSA) is 196 Å². The van der Waals surface area contributed by atoms with Crippen LogP contribution in [0.2, 0.25) is 0 Å². The van der Waals surface area contributed by atoms with Gasteiger partial charge < -0.3 is 33.2 Å². The van der Waals surface area contributed by atoms with E-state index in [-0.39, 0.29) is 47.6 Å². The molecule has 82 heavy (non-hydrogen) atoms. The zero-order valence-electron chi connectivity index (χ0n) is 46.5. The Kier molecular flexibility index (Phi) is 24.7. The Hall–Kier alpha value is -8.10. The van der Waals surface area contributed by atoms with Crippen molar-refractivity contribution >= 4 is 68.5 Å². The number of fused-ring (bicyclic) bond motifs is 1. The number of rotatable bonds is 32. The number of thiazole rings is 1. The molecule has 5 aromatic rings. The lowest BCUT2D eigenvalue weighted by molar-refractivity contribution is -0.145. The summed E-state index contributed by atoms with van der Waals surface area (Å²) in [6.45, 7) is 8.47. The largest absolute Gasteiger partial charge is 0.494 e. The molecule has 0 amide bonds. The van der Waals surface area contributed by atoms with E-state index in [9.17, 15) is 28.8 Å². The first-order valence-corrected chi connectivity index (χ1v) is 29.3. The molecule has 0 aliphatic heterocycles. The third-order valence-electron chi connectivity index (χ3n) is 14.4. The predicted octanol–water partition coefficient (Wildman–Crippen LogP) is 12.9. The van der Waals surface area contributed by atoms with Crippen LogP contribution in [0.4, 0.5) is 5.13 Å². The van der Waals surface area contributed by atoms with Gasteiger partial charge in [0.2, 0.25) is 5.13 Å². The van der Waals surface area contributed by atoms with E-state index in [0.29, 0.717) is 111 Å². The fourth-order valence-electron chi connectivity index (χ4n) is 9.64. The number of aromatic nitrogens is 1. The van der Waals surface area contributed by atoms with E-state index in [1.807, 2.05) is 24.3 Å². The number of anilines is 1. The average molecular weight is 1140 g/mol. The highest BCUT2D eigenvalue weighted by Crippen LogP contribution is 2.36. The van der Waals surface area contributed by atoms with Crippen molar-refractivity contribution in [3.63, 3.8) is 0 Å². The molecule has 2 aliphatic rings. The molecule has 0 N–H and O–H groups in total. The first-order valence-electron chi connectivity index (χ1n) is 28.5. The number of benzene rings is 4. The number of terminal acetylenes is 1. The van der Waals surface area contributed by atoms with Crippen molar-refractivity contribution in [3.05, 3.63) is 122 Å². The number of hydrazone groups is 1. The lowest BCUT2D eigenvalue weighted by Crippen LogP contribution is -2.30. The first kappa shape index (κ1) is 61.5. The molecule has 0 radical (unpaired) electrons. The number of unbranched alkanes of at least 4 members (excludes halogenated alkanes) is 8. The molecule has 2 saturated carbocycles. The third kappa shape index (κ3) is 19.9.